The van der Waals surface area contributed by atoms with Gasteiger partial charge in [-0.25, -0.2) is 14.8 Å². The average molecular weight is 281 g/mol. The van der Waals surface area contributed by atoms with Crippen LogP contribution >= 0.6 is 0 Å². The Bertz CT molecular complexity index is 497. The van der Waals surface area contributed by atoms with E-state index in [2.05, 4.69) is 10.3 Å². The molecule has 0 saturated heterocycles. The van der Waals surface area contributed by atoms with Crippen LogP contribution in [0.4, 0.5) is 10.6 Å². The number of amides is 2. The number of carbonyl (C=O) groups is 2. The fourth-order valence-corrected chi connectivity index (χ4v) is 1.28. The maximum Gasteiger partial charge on any atom is 0.413 e. The molecule has 0 radical (unpaired) electrons. The van der Waals surface area contributed by atoms with Crippen molar-refractivity contribution in [1.82, 2.24) is 10.0 Å². The van der Waals surface area contributed by atoms with Crippen molar-refractivity contribution >= 4 is 17.8 Å². The lowest BCUT2D eigenvalue weighted by Gasteiger charge is -2.19. The minimum Gasteiger partial charge on any atom is -0.444 e. The lowest BCUT2D eigenvalue weighted by atomic mass is 10.2. The highest BCUT2D eigenvalue weighted by molar-refractivity contribution is 5.92. The van der Waals surface area contributed by atoms with Gasteiger partial charge in [0.25, 0.3) is 5.91 Å². The zero-order valence-electron chi connectivity index (χ0n) is 12.3. The molecule has 2 amide bonds. The molecule has 1 heterocycles. The molecular weight excluding hydrogens is 262 g/mol. The van der Waals surface area contributed by atoms with Gasteiger partial charge in [0, 0.05) is 7.05 Å². The van der Waals surface area contributed by atoms with Crippen LogP contribution in [0.1, 0.15) is 31.3 Å². The van der Waals surface area contributed by atoms with Gasteiger partial charge in [-0.15, -0.1) is 0 Å². The Hall–Kier alpha value is -2.15. The van der Waals surface area contributed by atoms with Crippen molar-refractivity contribution in [3.63, 3.8) is 0 Å². The first-order valence-electron chi connectivity index (χ1n) is 6.02. The molecule has 1 aromatic heterocycles. The number of ether oxygens (including phenoxy) is 1. The number of hydrogen-bond acceptors (Lipinski definition) is 5. The van der Waals surface area contributed by atoms with E-state index in [1.54, 1.807) is 32.9 Å². The second-order valence-corrected chi connectivity index (χ2v) is 5.02. The van der Waals surface area contributed by atoms with Crippen molar-refractivity contribution < 1.29 is 19.2 Å². The van der Waals surface area contributed by atoms with Crippen LogP contribution < -0.4 is 5.32 Å². The molecule has 7 nitrogen and oxygen atoms in total. The molecule has 0 aliphatic rings. The topological polar surface area (TPSA) is 80.8 Å². The first-order valence-corrected chi connectivity index (χ1v) is 6.02. The molecule has 7 heteroatoms. The molecule has 1 rings (SSSR count). The average Bonchev–Trinajstić information content (AvgIpc) is 2.34. The highest BCUT2D eigenvalue weighted by Gasteiger charge is 2.18. The van der Waals surface area contributed by atoms with Crippen molar-refractivity contribution in [3.05, 3.63) is 23.9 Å². The zero-order chi connectivity index (χ0) is 15.3. The van der Waals surface area contributed by atoms with Crippen LogP contribution in [0.3, 0.4) is 0 Å². The fraction of sp³-hybridized carbons (Fsp3) is 0.462. The molecule has 0 unspecified atom stereocenters. The van der Waals surface area contributed by atoms with Crippen molar-refractivity contribution in [2.45, 2.75) is 26.4 Å². The first-order chi connectivity index (χ1) is 9.23. The maximum absolute atomic E-state index is 11.8. The van der Waals surface area contributed by atoms with Crippen molar-refractivity contribution in [2.75, 3.05) is 19.5 Å². The number of pyridine rings is 1. The fourth-order valence-electron chi connectivity index (χ4n) is 1.28. The van der Waals surface area contributed by atoms with Crippen LogP contribution in [-0.4, -0.2) is 41.8 Å². The van der Waals surface area contributed by atoms with E-state index in [-0.39, 0.29) is 11.5 Å². The summed E-state index contributed by atoms with van der Waals surface area (Å²) in [5.41, 5.74) is -0.448. The number of nitrogens with one attached hydrogen (secondary N) is 1. The van der Waals surface area contributed by atoms with Gasteiger partial charge < -0.3 is 4.74 Å². The van der Waals surface area contributed by atoms with Crippen LogP contribution in [-0.2, 0) is 9.57 Å². The molecule has 0 aliphatic heterocycles. The Kier molecular flexibility index (Phi) is 5.04. The Balaban J connectivity index is 2.79. The number of anilines is 1. The molecule has 0 aromatic carbocycles. The Morgan fingerprint density at radius 3 is 2.50 bits per heavy atom. The van der Waals surface area contributed by atoms with Gasteiger partial charge in [-0.05, 0) is 32.9 Å². The van der Waals surface area contributed by atoms with Crippen LogP contribution in [0, 0.1) is 0 Å². The molecule has 0 spiro atoms. The van der Waals surface area contributed by atoms with E-state index in [1.165, 1.54) is 20.2 Å². The van der Waals surface area contributed by atoms with E-state index >= 15 is 0 Å². The summed E-state index contributed by atoms with van der Waals surface area (Å²) in [5.74, 6) is -0.185. The van der Waals surface area contributed by atoms with Crippen molar-refractivity contribution in [3.8, 4) is 0 Å². The molecule has 110 valence electrons. The van der Waals surface area contributed by atoms with Gasteiger partial charge in [0.2, 0.25) is 0 Å². The van der Waals surface area contributed by atoms with Crippen LogP contribution in [0.2, 0.25) is 0 Å². The van der Waals surface area contributed by atoms with Gasteiger partial charge in [-0.1, -0.05) is 6.07 Å². The van der Waals surface area contributed by atoms with E-state index in [0.29, 0.717) is 0 Å². The molecule has 0 bridgehead atoms. The number of nitrogens with zero attached hydrogens (tertiary/aromatic N) is 2. The molecular formula is C13H19N3O4. The molecule has 1 aromatic rings. The van der Waals surface area contributed by atoms with Gasteiger partial charge in [0.05, 0.1) is 7.11 Å². The summed E-state index contributed by atoms with van der Waals surface area (Å²) in [6.45, 7) is 5.27. The molecule has 0 atom stereocenters. The lowest BCUT2D eigenvalue weighted by Crippen LogP contribution is -2.28. The molecule has 0 aliphatic carbocycles. The summed E-state index contributed by atoms with van der Waals surface area (Å²) in [6.07, 6.45) is -0.630. The van der Waals surface area contributed by atoms with Gasteiger partial charge in [0.15, 0.2) is 0 Å². The van der Waals surface area contributed by atoms with E-state index < -0.39 is 17.6 Å². The number of carbonyl (C=O) groups excluding carboxylic acids is 2. The zero-order valence-corrected chi connectivity index (χ0v) is 12.3. The summed E-state index contributed by atoms with van der Waals surface area (Å²) in [6, 6.07) is 4.70. The van der Waals surface area contributed by atoms with Crippen LogP contribution in [0.15, 0.2) is 18.2 Å². The van der Waals surface area contributed by atoms with Gasteiger partial charge in [0.1, 0.15) is 17.1 Å². The lowest BCUT2D eigenvalue weighted by molar-refractivity contribution is -0.0760. The second-order valence-electron chi connectivity index (χ2n) is 5.02. The highest BCUT2D eigenvalue weighted by atomic mass is 16.7. The summed E-state index contributed by atoms with van der Waals surface area (Å²) in [7, 11) is 2.85. The maximum atomic E-state index is 11.8. The minimum absolute atomic E-state index is 0.155. The Morgan fingerprint density at radius 2 is 1.95 bits per heavy atom. The largest absolute Gasteiger partial charge is 0.444 e. The monoisotopic (exact) mass is 281 g/mol. The summed E-state index contributed by atoms with van der Waals surface area (Å²) < 4.78 is 5.10. The van der Waals surface area contributed by atoms with E-state index in [9.17, 15) is 9.59 Å². The molecule has 1 N–H and O–H groups in total. The predicted octanol–water partition coefficient (Wildman–Crippen LogP) is 2.06. The Labute approximate surface area is 117 Å². The molecule has 0 saturated carbocycles. The smallest absolute Gasteiger partial charge is 0.413 e. The van der Waals surface area contributed by atoms with E-state index in [4.69, 9.17) is 9.57 Å². The van der Waals surface area contributed by atoms with Crippen LogP contribution in [0.25, 0.3) is 0 Å². The van der Waals surface area contributed by atoms with E-state index in [1.807, 2.05) is 0 Å². The van der Waals surface area contributed by atoms with Gasteiger partial charge >= 0.3 is 6.09 Å². The number of hydroxylamine groups is 2. The summed E-state index contributed by atoms with van der Waals surface area (Å²) in [5, 5.41) is 3.51. The predicted molar refractivity (Wildman–Crippen MR) is 73.2 cm³/mol. The quantitative estimate of drug-likeness (QED) is 0.858. The van der Waals surface area contributed by atoms with Crippen molar-refractivity contribution in [1.29, 1.82) is 0 Å². The Morgan fingerprint density at radius 1 is 1.30 bits per heavy atom. The minimum atomic E-state index is -0.630. The third-order valence-corrected chi connectivity index (χ3v) is 2.16. The second kappa shape index (κ2) is 6.33. The third kappa shape index (κ3) is 4.85. The normalized spacial score (nSPS) is 10.8. The SMILES string of the molecule is CON(C)C(=O)c1cccc(NC(=O)OC(C)(C)C)n1. The van der Waals surface area contributed by atoms with Gasteiger partial charge in [-0.2, -0.15) is 0 Å². The summed E-state index contributed by atoms with van der Waals surface area (Å²) in [4.78, 5) is 32.3. The molecule has 20 heavy (non-hydrogen) atoms. The number of aromatic nitrogens is 1. The number of rotatable bonds is 3. The standard InChI is InChI=1S/C13H19N3O4/c1-13(2,3)20-12(18)15-10-8-6-7-9(14-10)11(17)16(4)19-5/h6-8H,1-5H3,(H,14,15,18). The molecule has 0 fully saturated rings. The summed E-state index contributed by atoms with van der Waals surface area (Å²) >= 11 is 0. The first kappa shape index (κ1) is 15.9. The number of hydrogen-bond donors (Lipinski definition) is 1. The van der Waals surface area contributed by atoms with Crippen LogP contribution in [0.5, 0.6) is 0 Å². The third-order valence-electron chi connectivity index (χ3n) is 2.16. The highest BCUT2D eigenvalue weighted by Crippen LogP contribution is 2.11. The van der Waals surface area contributed by atoms with E-state index in [0.717, 1.165) is 5.06 Å². The van der Waals surface area contributed by atoms with Gasteiger partial charge in [-0.3, -0.25) is 14.9 Å². The van der Waals surface area contributed by atoms with Crippen molar-refractivity contribution in [2.24, 2.45) is 0 Å².